The minimum Gasteiger partial charge on any atom is -0.472 e. The largest absolute Gasteiger partial charge is 0.472 e. The van der Waals surface area contributed by atoms with Gasteiger partial charge in [-0.3, -0.25) is 0 Å². The van der Waals surface area contributed by atoms with E-state index in [4.69, 9.17) is 4.42 Å². The highest BCUT2D eigenvalue weighted by Crippen LogP contribution is 2.20. The summed E-state index contributed by atoms with van der Waals surface area (Å²) in [6.45, 7) is 0.720. The molecule has 84 valence electrons. The van der Waals surface area contributed by atoms with Crippen molar-refractivity contribution < 1.29 is 4.42 Å². The van der Waals surface area contributed by atoms with Crippen LogP contribution in [0.2, 0.25) is 0 Å². The molecule has 0 unspecified atom stereocenters. The first kappa shape index (κ1) is 9.90. The molecule has 0 atom stereocenters. The lowest BCUT2D eigenvalue weighted by Gasteiger charge is -2.07. The predicted molar refractivity (Wildman–Crippen MR) is 67.8 cm³/mol. The SMILES string of the molecule is c1ccc2c(NCc3ccoc3)nccc2c1. The summed E-state index contributed by atoms with van der Waals surface area (Å²) in [5, 5.41) is 5.65. The summed E-state index contributed by atoms with van der Waals surface area (Å²) in [6.07, 6.45) is 5.23. The van der Waals surface area contributed by atoms with Crippen molar-refractivity contribution in [2.45, 2.75) is 6.54 Å². The van der Waals surface area contributed by atoms with Gasteiger partial charge in [0.25, 0.3) is 0 Å². The molecule has 3 rings (SSSR count). The number of furan rings is 1. The smallest absolute Gasteiger partial charge is 0.134 e. The van der Waals surface area contributed by atoms with Gasteiger partial charge in [-0.05, 0) is 17.5 Å². The number of rotatable bonds is 3. The molecule has 1 aromatic carbocycles. The van der Waals surface area contributed by atoms with Crippen molar-refractivity contribution in [3.63, 3.8) is 0 Å². The van der Waals surface area contributed by atoms with Gasteiger partial charge in [0, 0.05) is 23.7 Å². The summed E-state index contributed by atoms with van der Waals surface area (Å²) in [4.78, 5) is 4.36. The molecule has 0 aliphatic heterocycles. The van der Waals surface area contributed by atoms with Gasteiger partial charge in [0.15, 0.2) is 0 Å². The van der Waals surface area contributed by atoms with Crippen molar-refractivity contribution in [3.8, 4) is 0 Å². The third-order valence-electron chi connectivity index (χ3n) is 2.71. The minimum absolute atomic E-state index is 0.720. The average molecular weight is 224 g/mol. The highest BCUT2D eigenvalue weighted by atomic mass is 16.3. The van der Waals surface area contributed by atoms with Crippen molar-refractivity contribution in [1.29, 1.82) is 0 Å². The second kappa shape index (κ2) is 4.29. The quantitative estimate of drug-likeness (QED) is 0.740. The number of aromatic nitrogens is 1. The van der Waals surface area contributed by atoms with E-state index in [0.717, 1.165) is 23.3 Å². The molecule has 3 heteroatoms. The molecule has 0 amide bonds. The molecule has 0 saturated carbocycles. The molecule has 0 fully saturated rings. The van der Waals surface area contributed by atoms with Gasteiger partial charge in [0.1, 0.15) is 5.82 Å². The number of nitrogens with one attached hydrogen (secondary N) is 1. The molecule has 2 heterocycles. The number of anilines is 1. The molecular formula is C14H12N2O. The fourth-order valence-electron chi connectivity index (χ4n) is 1.84. The first-order valence-electron chi connectivity index (χ1n) is 5.52. The molecule has 0 aliphatic carbocycles. The molecule has 1 N–H and O–H groups in total. The first-order valence-corrected chi connectivity index (χ1v) is 5.52. The number of pyridine rings is 1. The van der Waals surface area contributed by atoms with E-state index < -0.39 is 0 Å². The highest BCUT2D eigenvalue weighted by Gasteiger charge is 2.01. The fourth-order valence-corrected chi connectivity index (χ4v) is 1.84. The topological polar surface area (TPSA) is 38.1 Å². The van der Waals surface area contributed by atoms with Crippen molar-refractivity contribution in [2.24, 2.45) is 0 Å². The normalized spacial score (nSPS) is 10.6. The van der Waals surface area contributed by atoms with Gasteiger partial charge in [-0.2, -0.15) is 0 Å². The predicted octanol–water partition coefficient (Wildman–Crippen LogP) is 3.44. The van der Waals surface area contributed by atoms with Crippen LogP contribution in [0.3, 0.4) is 0 Å². The van der Waals surface area contributed by atoms with Crippen molar-refractivity contribution >= 4 is 16.6 Å². The summed E-state index contributed by atoms with van der Waals surface area (Å²) >= 11 is 0. The van der Waals surface area contributed by atoms with E-state index in [1.54, 1.807) is 12.5 Å². The molecule has 0 aliphatic rings. The zero-order valence-corrected chi connectivity index (χ0v) is 9.26. The minimum atomic E-state index is 0.720. The van der Waals surface area contributed by atoms with Crippen LogP contribution in [-0.4, -0.2) is 4.98 Å². The zero-order chi connectivity index (χ0) is 11.5. The third kappa shape index (κ3) is 1.99. The van der Waals surface area contributed by atoms with Gasteiger partial charge in [0.2, 0.25) is 0 Å². The number of benzene rings is 1. The second-order valence-electron chi connectivity index (χ2n) is 3.87. The Kier molecular flexibility index (Phi) is 2.50. The Labute approximate surface area is 99.1 Å². The van der Waals surface area contributed by atoms with Gasteiger partial charge in [-0.15, -0.1) is 0 Å². The Balaban J connectivity index is 1.90. The van der Waals surface area contributed by atoms with Crippen LogP contribution >= 0.6 is 0 Å². The van der Waals surface area contributed by atoms with E-state index in [1.807, 2.05) is 30.5 Å². The molecule has 0 radical (unpaired) electrons. The molecule has 0 saturated heterocycles. The van der Waals surface area contributed by atoms with Crippen LogP contribution < -0.4 is 5.32 Å². The fraction of sp³-hybridized carbons (Fsp3) is 0.0714. The molecular weight excluding hydrogens is 212 g/mol. The Bertz CT molecular complexity index is 612. The number of hydrogen-bond acceptors (Lipinski definition) is 3. The highest BCUT2D eigenvalue weighted by molar-refractivity contribution is 5.91. The van der Waals surface area contributed by atoms with Crippen molar-refractivity contribution in [3.05, 3.63) is 60.7 Å². The first-order chi connectivity index (χ1) is 8.43. The Morgan fingerprint density at radius 1 is 1.12 bits per heavy atom. The van der Waals surface area contributed by atoms with E-state index >= 15 is 0 Å². The van der Waals surface area contributed by atoms with E-state index in [9.17, 15) is 0 Å². The Morgan fingerprint density at radius 2 is 2.06 bits per heavy atom. The lowest BCUT2D eigenvalue weighted by atomic mass is 10.1. The standard InChI is InChI=1S/C14H12N2O/c1-2-4-13-12(3-1)5-7-15-14(13)16-9-11-6-8-17-10-11/h1-8,10H,9H2,(H,15,16). The van der Waals surface area contributed by atoms with Gasteiger partial charge in [-0.25, -0.2) is 4.98 Å². The molecule has 0 spiro atoms. The second-order valence-corrected chi connectivity index (χ2v) is 3.87. The van der Waals surface area contributed by atoms with Crippen LogP contribution in [0.1, 0.15) is 5.56 Å². The van der Waals surface area contributed by atoms with Crippen LogP contribution in [0.15, 0.2) is 59.5 Å². The van der Waals surface area contributed by atoms with E-state index in [2.05, 4.69) is 22.4 Å². The summed E-state index contributed by atoms with van der Waals surface area (Å²) in [7, 11) is 0. The number of nitrogens with zero attached hydrogens (tertiary/aromatic N) is 1. The Morgan fingerprint density at radius 3 is 2.94 bits per heavy atom. The molecule has 17 heavy (non-hydrogen) atoms. The molecule has 2 aromatic heterocycles. The van der Waals surface area contributed by atoms with Gasteiger partial charge in [0.05, 0.1) is 12.5 Å². The lowest BCUT2D eigenvalue weighted by molar-refractivity contribution is 0.564. The van der Waals surface area contributed by atoms with Crippen LogP contribution in [0, 0.1) is 0 Å². The Hall–Kier alpha value is -2.29. The maximum atomic E-state index is 5.03. The summed E-state index contributed by atoms with van der Waals surface area (Å²) in [5.74, 6) is 0.907. The van der Waals surface area contributed by atoms with E-state index in [-0.39, 0.29) is 0 Å². The van der Waals surface area contributed by atoms with E-state index in [0.29, 0.717) is 0 Å². The van der Waals surface area contributed by atoms with Crippen LogP contribution in [0.25, 0.3) is 10.8 Å². The van der Waals surface area contributed by atoms with Gasteiger partial charge >= 0.3 is 0 Å². The van der Waals surface area contributed by atoms with E-state index in [1.165, 1.54) is 5.39 Å². The maximum absolute atomic E-state index is 5.03. The van der Waals surface area contributed by atoms with Gasteiger partial charge in [-0.1, -0.05) is 24.3 Å². The van der Waals surface area contributed by atoms with Crippen LogP contribution in [0.5, 0.6) is 0 Å². The number of fused-ring (bicyclic) bond motifs is 1. The van der Waals surface area contributed by atoms with Crippen LogP contribution in [0.4, 0.5) is 5.82 Å². The molecule has 0 bridgehead atoms. The van der Waals surface area contributed by atoms with Crippen molar-refractivity contribution in [2.75, 3.05) is 5.32 Å². The molecule has 3 aromatic rings. The number of hydrogen-bond donors (Lipinski definition) is 1. The third-order valence-corrected chi connectivity index (χ3v) is 2.71. The summed E-state index contributed by atoms with van der Waals surface area (Å²) in [5.41, 5.74) is 1.11. The lowest BCUT2D eigenvalue weighted by Crippen LogP contribution is -2.00. The van der Waals surface area contributed by atoms with Crippen LogP contribution in [-0.2, 0) is 6.54 Å². The summed E-state index contributed by atoms with van der Waals surface area (Å²) < 4.78 is 5.03. The molecule has 3 nitrogen and oxygen atoms in total. The van der Waals surface area contributed by atoms with Crippen molar-refractivity contribution in [1.82, 2.24) is 4.98 Å². The maximum Gasteiger partial charge on any atom is 0.134 e. The zero-order valence-electron chi connectivity index (χ0n) is 9.26. The average Bonchev–Trinajstić information content (AvgIpc) is 2.89. The summed E-state index contributed by atoms with van der Waals surface area (Å²) in [6, 6.07) is 12.2. The monoisotopic (exact) mass is 224 g/mol. The van der Waals surface area contributed by atoms with Gasteiger partial charge < -0.3 is 9.73 Å².